The van der Waals surface area contributed by atoms with Crippen molar-refractivity contribution in [3.05, 3.63) is 104 Å². The van der Waals surface area contributed by atoms with E-state index in [1.807, 2.05) is 0 Å². The van der Waals surface area contributed by atoms with Crippen LogP contribution in [0.4, 0.5) is 0 Å². The third kappa shape index (κ3) is 9.28. The first kappa shape index (κ1) is 28.8. The molecule has 0 nitrogen and oxygen atoms in total. The molecule has 1 heteroatoms. The summed E-state index contributed by atoms with van der Waals surface area (Å²) in [6.07, 6.45) is 0. The normalized spacial score (nSPS) is 9.57. The van der Waals surface area contributed by atoms with Gasteiger partial charge in [-0.3, -0.25) is 0 Å². The van der Waals surface area contributed by atoms with Crippen molar-refractivity contribution in [1.29, 1.82) is 0 Å². The van der Waals surface area contributed by atoms with Crippen LogP contribution in [0.5, 0.6) is 0 Å². The Hall–Kier alpha value is -1.24. The molecule has 0 fully saturated rings. The molecule has 0 aliphatic rings. The van der Waals surface area contributed by atoms with E-state index in [-0.39, 0.29) is 32.7 Å². The van der Waals surface area contributed by atoms with E-state index in [0.717, 1.165) is 0 Å². The minimum atomic E-state index is 0. The van der Waals surface area contributed by atoms with Crippen LogP contribution in [-0.2, 0) is 32.7 Å². The van der Waals surface area contributed by atoms with Crippen molar-refractivity contribution in [2.24, 2.45) is 0 Å². The second kappa shape index (κ2) is 13.2. The molecule has 3 aromatic rings. The maximum Gasteiger partial charge on any atom is 0 e. The summed E-state index contributed by atoms with van der Waals surface area (Å²) >= 11 is 0. The molecular formula is C29H39Y-. The first-order valence-corrected chi connectivity index (χ1v) is 10.5. The van der Waals surface area contributed by atoms with Gasteiger partial charge < -0.3 is 0 Å². The van der Waals surface area contributed by atoms with Gasteiger partial charge in [-0.1, -0.05) is 56.2 Å². The van der Waals surface area contributed by atoms with Gasteiger partial charge in [0.05, 0.1) is 0 Å². The van der Waals surface area contributed by atoms with Crippen LogP contribution in [-0.4, -0.2) is 0 Å². The smallest absolute Gasteiger partial charge is 0 e. The molecule has 30 heavy (non-hydrogen) atoms. The molecule has 1 radical (unpaired) electrons. The van der Waals surface area contributed by atoms with E-state index in [0.29, 0.717) is 0 Å². The minimum Gasteiger partial charge on any atom is -0.177 e. The summed E-state index contributed by atoms with van der Waals surface area (Å²) in [5, 5.41) is 0. The zero-order chi connectivity index (χ0) is 22.3. The van der Waals surface area contributed by atoms with E-state index in [9.17, 15) is 0 Å². The Bertz CT molecular complexity index is 863. The predicted molar refractivity (Wildman–Crippen MR) is 130 cm³/mol. The van der Waals surface area contributed by atoms with Crippen molar-refractivity contribution >= 4 is 0 Å². The van der Waals surface area contributed by atoms with Gasteiger partial charge in [-0.25, -0.2) is 0 Å². The zero-order valence-electron chi connectivity index (χ0n) is 21.0. The summed E-state index contributed by atoms with van der Waals surface area (Å²) < 4.78 is 0. The zero-order valence-corrected chi connectivity index (χ0v) is 23.9. The Morgan fingerprint density at radius 2 is 0.800 bits per heavy atom. The second-order valence-electron chi connectivity index (χ2n) is 8.50. The molecule has 0 aliphatic heterocycles. The molecule has 0 aliphatic carbocycles. The van der Waals surface area contributed by atoms with E-state index in [1.54, 1.807) is 0 Å². The SMILES string of the molecule is Cc1[c-]c(C)c(C)cc1.Cc1cc(C)c(C)c(C)c1.Cc1cc(C)c(C)c(C)c1.[Y]. The van der Waals surface area contributed by atoms with Gasteiger partial charge in [0.1, 0.15) is 0 Å². The van der Waals surface area contributed by atoms with E-state index in [2.05, 4.69) is 119 Å². The van der Waals surface area contributed by atoms with E-state index >= 15 is 0 Å². The molecule has 3 rings (SSSR count). The molecule has 159 valence electrons. The van der Waals surface area contributed by atoms with Gasteiger partial charge in [0.2, 0.25) is 0 Å². The first-order valence-electron chi connectivity index (χ1n) is 10.5. The summed E-state index contributed by atoms with van der Waals surface area (Å²) in [5.74, 6) is 0. The van der Waals surface area contributed by atoms with Gasteiger partial charge in [-0.15, -0.1) is 0 Å². The summed E-state index contributed by atoms with van der Waals surface area (Å²) in [5.41, 5.74) is 15.0. The molecule has 0 saturated carbocycles. The molecule has 3 aromatic carbocycles. The maximum absolute atomic E-state index is 3.24. The van der Waals surface area contributed by atoms with Crippen molar-refractivity contribution < 1.29 is 32.7 Å². The summed E-state index contributed by atoms with van der Waals surface area (Å²) in [6, 6.07) is 16.3. The summed E-state index contributed by atoms with van der Waals surface area (Å²) in [6.45, 7) is 23.5. The molecule has 0 atom stereocenters. The molecular weight excluding hydrogens is 437 g/mol. The summed E-state index contributed by atoms with van der Waals surface area (Å²) in [7, 11) is 0. The Morgan fingerprint density at radius 1 is 0.467 bits per heavy atom. The molecule has 0 heterocycles. The van der Waals surface area contributed by atoms with Crippen molar-refractivity contribution in [3.63, 3.8) is 0 Å². The topological polar surface area (TPSA) is 0 Å². The van der Waals surface area contributed by atoms with Crippen LogP contribution in [0.15, 0.2) is 36.4 Å². The van der Waals surface area contributed by atoms with Crippen molar-refractivity contribution in [3.8, 4) is 0 Å². The number of rotatable bonds is 0. The fourth-order valence-electron chi connectivity index (χ4n) is 3.32. The number of benzene rings is 3. The average Bonchev–Trinajstić information content (AvgIpc) is 2.62. The maximum atomic E-state index is 3.24. The molecule has 0 N–H and O–H groups in total. The standard InChI is InChI=1S/2C10H14.C9H11.Y/c2*1-7-5-8(2)10(4)9(3)6-7;1-7-4-5-8(2)9(3)6-7;/h2*5-6H,1-4H3;4-5H,1-3H3;/q;;-1;. The van der Waals surface area contributed by atoms with Gasteiger partial charge in [0, 0.05) is 32.7 Å². The Kier molecular flexibility index (Phi) is 12.7. The summed E-state index contributed by atoms with van der Waals surface area (Å²) in [4.78, 5) is 0. The van der Waals surface area contributed by atoms with E-state index in [4.69, 9.17) is 0 Å². The molecule has 0 unspecified atom stereocenters. The van der Waals surface area contributed by atoms with E-state index < -0.39 is 0 Å². The van der Waals surface area contributed by atoms with Crippen LogP contribution in [0.1, 0.15) is 61.2 Å². The second-order valence-corrected chi connectivity index (χ2v) is 8.50. The number of hydrogen-bond acceptors (Lipinski definition) is 0. The Labute approximate surface area is 211 Å². The third-order valence-corrected chi connectivity index (χ3v) is 5.70. The van der Waals surface area contributed by atoms with Crippen LogP contribution in [0.3, 0.4) is 0 Å². The van der Waals surface area contributed by atoms with Gasteiger partial charge in [0.15, 0.2) is 0 Å². The molecule has 0 spiro atoms. The molecule has 0 aromatic heterocycles. The number of aryl methyl sites for hydroxylation is 9. The molecule has 0 amide bonds. The van der Waals surface area contributed by atoms with E-state index in [1.165, 1.54) is 61.2 Å². The van der Waals surface area contributed by atoms with Crippen molar-refractivity contribution in [2.45, 2.75) is 76.2 Å². The van der Waals surface area contributed by atoms with Gasteiger partial charge in [0.25, 0.3) is 0 Å². The van der Waals surface area contributed by atoms with Crippen LogP contribution >= 0.6 is 0 Å². The predicted octanol–water partition coefficient (Wildman–Crippen LogP) is 8.25. The Balaban J connectivity index is 0.000000414. The van der Waals surface area contributed by atoms with Crippen LogP contribution in [0, 0.1) is 82.2 Å². The van der Waals surface area contributed by atoms with Gasteiger partial charge >= 0.3 is 0 Å². The third-order valence-electron chi connectivity index (χ3n) is 5.70. The monoisotopic (exact) mass is 476 g/mol. The Morgan fingerprint density at radius 3 is 1.07 bits per heavy atom. The van der Waals surface area contributed by atoms with Crippen LogP contribution < -0.4 is 0 Å². The van der Waals surface area contributed by atoms with Crippen LogP contribution in [0.25, 0.3) is 0 Å². The molecule has 0 bridgehead atoms. The number of hydrogen-bond donors (Lipinski definition) is 0. The van der Waals surface area contributed by atoms with Crippen molar-refractivity contribution in [1.82, 2.24) is 0 Å². The largest absolute Gasteiger partial charge is 0.177 e. The van der Waals surface area contributed by atoms with Crippen molar-refractivity contribution in [2.75, 3.05) is 0 Å². The quantitative estimate of drug-likeness (QED) is 0.287. The first-order chi connectivity index (χ1) is 13.4. The van der Waals surface area contributed by atoms with Gasteiger partial charge in [-0.05, 0) is 88.8 Å². The van der Waals surface area contributed by atoms with Crippen LogP contribution in [0.2, 0.25) is 0 Å². The molecule has 0 saturated heterocycles. The fraction of sp³-hybridized carbons (Fsp3) is 0.379. The minimum absolute atomic E-state index is 0. The average molecular weight is 477 g/mol. The van der Waals surface area contributed by atoms with Gasteiger partial charge in [-0.2, -0.15) is 34.9 Å². The fourth-order valence-corrected chi connectivity index (χ4v) is 3.32.